The Labute approximate surface area is 145 Å². The van der Waals surface area contributed by atoms with Gasteiger partial charge in [0.1, 0.15) is 5.75 Å². The van der Waals surface area contributed by atoms with Crippen molar-refractivity contribution in [3.63, 3.8) is 0 Å². The summed E-state index contributed by atoms with van der Waals surface area (Å²) in [5.74, 6) is 0.800. The van der Waals surface area contributed by atoms with E-state index in [1.54, 1.807) is 6.07 Å². The fraction of sp³-hybridized carbons (Fsp3) is 0.278. The number of rotatable bonds is 5. The van der Waals surface area contributed by atoms with E-state index in [9.17, 15) is 4.79 Å². The normalized spacial score (nSPS) is 19.3. The topological polar surface area (TPSA) is 38.3 Å². The zero-order valence-corrected chi connectivity index (χ0v) is 14.2. The number of halogens is 2. The molecule has 3 rings (SSSR count). The minimum atomic E-state index is -0.0563. The van der Waals surface area contributed by atoms with Crippen LogP contribution < -0.4 is 10.1 Å². The first-order valence-corrected chi connectivity index (χ1v) is 8.32. The van der Waals surface area contributed by atoms with Gasteiger partial charge < -0.3 is 10.1 Å². The number of amides is 1. The van der Waals surface area contributed by atoms with Crippen molar-refractivity contribution in [1.29, 1.82) is 0 Å². The van der Waals surface area contributed by atoms with Gasteiger partial charge in [0.2, 0.25) is 5.91 Å². The zero-order chi connectivity index (χ0) is 16.4. The molecule has 0 heterocycles. The van der Waals surface area contributed by atoms with Crippen molar-refractivity contribution >= 4 is 34.8 Å². The van der Waals surface area contributed by atoms with Gasteiger partial charge in [-0.25, -0.2) is 0 Å². The van der Waals surface area contributed by atoms with E-state index in [2.05, 4.69) is 5.32 Å². The third kappa shape index (κ3) is 3.80. The third-order valence-corrected chi connectivity index (χ3v) is 4.32. The summed E-state index contributed by atoms with van der Waals surface area (Å²) in [7, 11) is 0. The number of carbonyl (C=O) groups is 1. The molecule has 1 fully saturated rings. The van der Waals surface area contributed by atoms with Crippen molar-refractivity contribution in [2.24, 2.45) is 5.92 Å². The first-order chi connectivity index (χ1) is 11.1. The summed E-state index contributed by atoms with van der Waals surface area (Å²) in [5.41, 5.74) is 1.72. The fourth-order valence-electron chi connectivity index (χ4n) is 2.72. The Morgan fingerprint density at radius 1 is 1.22 bits per heavy atom. The van der Waals surface area contributed by atoms with Crippen LogP contribution in [0, 0.1) is 5.92 Å². The van der Waals surface area contributed by atoms with Crippen LogP contribution in [0.15, 0.2) is 42.5 Å². The maximum absolute atomic E-state index is 12.5. The van der Waals surface area contributed by atoms with E-state index in [1.807, 2.05) is 43.3 Å². The molecule has 0 spiro atoms. The van der Waals surface area contributed by atoms with Crippen molar-refractivity contribution < 1.29 is 9.53 Å². The summed E-state index contributed by atoms with van der Waals surface area (Å²) in [5, 5.41) is 4.15. The van der Waals surface area contributed by atoms with E-state index in [4.69, 9.17) is 27.9 Å². The van der Waals surface area contributed by atoms with Gasteiger partial charge in [0.25, 0.3) is 0 Å². The van der Waals surface area contributed by atoms with E-state index >= 15 is 0 Å². The van der Waals surface area contributed by atoms with Crippen molar-refractivity contribution in [3.8, 4) is 5.75 Å². The van der Waals surface area contributed by atoms with Crippen LogP contribution in [0.25, 0.3) is 0 Å². The van der Waals surface area contributed by atoms with Crippen molar-refractivity contribution in [3.05, 3.63) is 58.1 Å². The second-order valence-electron chi connectivity index (χ2n) is 5.57. The Bertz CT molecular complexity index is 712. The van der Waals surface area contributed by atoms with Crippen molar-refractivity contribution in [1.82, 2.24) is 0 Å². The van der Waals surface area contributed by atoms with Crippen LogP contribution in [0.2, 0.25) is 10.0 Å². The molecule has 0 radical (unpaired) electrons. The molecule has 0 bridgehead atoms. The lowest BCUT2D eigenvalue weighted by molar-refractivity contribution is -0.117. The molecule has 1 N–H and O–H groups in total. The lowest BCUT2D eigenvalue weighted by atomic mass is 10.1. The van der Waals surface area contributed by atoms with Gasteiger partial charge in [-0.2, -0.15) is 0 Å². The van der Waals surface area contributed by atoms with Gasteiger partial charge in [0.05, 0.1) is 12.3 Å². The summed E-state index contributed by atoms with van der Waals surface area (Å²) < 4.78 is 5.53. The number of ether oxygens (including phenoxy) is 1. The van der Waals surface area contributed by atoms with Gasteiger partial charge in [-0.1, -0.05) is 35.3 Å². The predicted octanol–water partition coefficient (Wildman–Crippen LogP) is 5.13. The highest BCUT2D eigenvalue weighted by atomic mass is 35.5. The smallest absolute Gasteiger partial charge is 0.228 e. The number of anilines is 1. The van der Waals surface area contributed by atoms with E-state index in [0.29, 0.717) is 28.1 Å². The molecule has 0 aromatic heterocycles. The van der Waals surface area contributed by atoms with Gasteiger partial charge in [-0.05, 0) is 55.2 Å². The fourth-order valence-corrected chi connectivity index (χ4v) is 3.26. The molecule has 0 aliphatic heterocycles. The first-order valence-electron chi connectivity index (χ1n) is 7.57. The molecule has 1 aliphatic carbocycles. The van der Waals surface area contributed by atoms with E-state index in [1.165, 1.54) is 0 Å². The molecule has 0 saturated heterocycles. The first kappa shape index (κ1) is 16.2. The SMILES string of the molecule is CCOc1ccccc1NC(=O)C1CC1c1cc(Cl)cc(Cl)c1. The summed E-state index contributed by atoms with van der Waals surface area (Å²) in [6.45, 7) is 2.47. The number of para-hydroxylation sites is 2. The highest BCUT2D eigenvalue weighted by Gasteiger charge is 2.44. The highest BCUT2D eigenvalue weighted by molar-refractivity contribution is 6.34. The van der Waals surface area contributed by atoms with Crippen molar-refractivity contribution in [2.45, 2.75) is 19.3 Å². The van der Waals surface area contributed by atoms with Gasteiger partial charge in [-0.15, -0.1) is 0 Å². The maximum Gasteiger partial charge on any atom is 0.228 e. The van der Waals surface area contributed by atoms with Crippen LogP contribution in [0.1, 0.15) is 24.8 Å². The molecule has 120 valence electrons. The minimum absolute atomic E-state index is 0.00162. The molecule has 23 heavy (non-hydrogen) atoms. The molecule has 2 aromatic carbocycles. The number of nitrogens with one attached hydrogen (secondary N) is 1. The Morgan fingerprint density at radius 3 is 2.61 bits per heavy atom. The maximum atomic E-state index is 12.5. The van der Waals surface area contributed by atoms with Gasteiger partial charge in [-0.3, -0.25) is 4.79 Å². The Kier molecular flexibility index (Phi) is 4.79. The average Bonchev–Trinajstić information content (AvgIpc) is 3.29. The third-order valence-electron chi connectivity index (χ3n) is 3.89. The summed E-state index contributed by atoms with van der Waals surface area (Å²) in [6.07, 6.45) is 0.805. The second-order valence-corrected chi connectivity index (χ2v) is 6.44. The molecule has 1 amide bonds. The zero-order valence-electron chi connectivity index (χ0n) is 12.7. The molecule has 1 aliphatic rings. The molecule has 5 heteroatoms. The molecular formula is C18H17Cl2NO2. The molecule has 2 aromatic rings. The Hall–Kier alpha value is -1.71. The van der Waals surface area contributed by atoms with Gasteiger partial charge in [0.15, 0.2) is 0 Å². The molecule has 1 saturated carbocycles. The van der Waals surface area contributed by atoms with Crippen LogP contribution in [-0.4, -0.2) is 12.5 Å². The Morgan fingerprint density at radius 2 is 1.91 bits per heavy atom. The van der Waals surface area contributed by atoms with Crippen LogP contribution in [0.4, 0.5) is 5.69 Å². The average molecular weight is 350 g/mol. The monoisotopic (exact) mass is 349 g/mol. The summed E-state index contributed by atoms with van der Waals surface area (Å²) in [6, 6.07) is 12.9. The number of benzene rings is 2. The van der Waals surface area contributed by atoms with Crippen molar-refractivity contribution in [2.75, 3.05) is 11.9 Å². The molecule has 3 nitrogen and oxygen atoms in total. The molecule has 2 atom stereocenters. The predicted molar refractivity (Wildman–Crippen MR) is 93.6 cm³/mol. The van der Waals surface area contributed by atoms with Gasteiger partial charge in [0, 0.05) is 16.0 Å². The van der Waals surface area contributed by atoms with Gasteiger partial charge >= 0.3 is 0 Å². The van der Waals surface area contributed by atoms with Crippen LogP contribution in [-0.2, 0) is 4.79 Å². The lowest BCUT2D eigenvalue weighted by Crippen LogP contribution is -2.15. The largest absolute Gasteiger partial charge is 0.492 e. The minimum Gasteiger partial charge on any atom is -0.492 e. The standard InChI is InChI=1S/C18H17Cl2NO2/c1-2-23-17-6-4-3-5-16(17)21-18(22)15-10-14(15)11-7-12(19)9-13(20)8-11/h3-9,14-15H,2,10H2,1H3,(H,21,22). The highest BCUT2D eigenvalue weighted by Crippen LogP contribution is 2.49. The number of hydrogen-bond donors (Lipinski definition) is 1. The number of hydrogen-bond acceptors (Lipinski definition) is 2. The van der Waals surface area contributed by atoms with Crippen LogP contribution in [0.3, 0.4) is 0 Å². The summed E-state index contributed by atoms with van der Waals surface area (Å²) >= 11 is 12.1. The molecular weight excluding hydrogens is 333 g/mol. The van der Waals surface area contributed by atoms with Crippen LogP contribution >= 0.6 is 23.2 Å². The van der Waals surface area contributed by atoms with E-state index < -0.39 is 0 Å². The molecule has 2 unspecified atom stereocenters. The quantitative estimate of drug-likeness (QED) is 0.811. The lowest BCUT2D eigenvalue weighted by Gasteiger charge is -2.11. The van der Waals surface area contributed by atoms with E-state index in [-0.39, 0.29) is 17.7 Å². The summed E-state index contributed by atoms with van der Waals surface area (Å²) in [4.78, 5) is 12.5. The van der Waals surface area contributed by atoms with E-state index in [0.717, 1.165) is 12.0 Å². The van der Waals surface area contributed by atoms with Crippen LogP contribution in [0.5, 0.6) is 5.75 Å². The Balaban J connectivity index is 1.69. The number of carbonyl (C=O) groups excluding carboxylic acids is 1. The second kappa shape index (κ2) is 6.81.